The van der Waals surface area contributed by atoms with Gasteiger partial charge < -0.3 is 9.30 Å². The summed E-state index contributed by atoms with van der Waals surface area (Å²) in [7, 11) is 1.71. The number of benzene rings is 1. The predicted molar refractivity (Wildman–Crippen MR) is 66.8 cm³/mol. The van der Waals surface area contributed by atoms with Gasteiger partial charge in [-0.1, -0.05) is 23.7 Å². The van der Waals surface area contributed by atoms with Crippen molar-refractivity contribution >= 4 is 11.6 Å². The van der Waals surface area contributed by atoms with Gasteiger partial charge in [0.05, 0.1) is 6.61 Å². The molecule has 0 unspecified atom stereocenters. The summed E-state index contributed by atoms with van der Waals surface area (Å²) in [6, 6.07) is 9.96. The van der Waals surface area contributed by atoms with Gasteiger partial charge in [0.25, 0.3) is 0 Å². The number of methoxy groups -OCH3 is 1. The van der Waals surface area contributed by atoms with E-state index in [1.54, 1.807) is 7.11 Å². The highest BCUT2D eigenvalue weighted by Crippen LogP contribution is 2.22. The third-order valence-corrected chi connectivity index (χ3v) is 2.70. The van der Waals surface area contributed by atoms with E-state index in [4.69, 9.17) is 16.3 Å². The van der Waals surface area contributed by atoms with Gasteiger partial charge in [-0.25, -0.2) is 0 Å². The minimum Gasteiger partial charge on any atom is -0.383 e. The highest BCUT2D eigenvalue weighted by Gasteiger charge is 2.00. The molecule has 3 heteroatoms. The lowest BCUT2D eigenvalue weighted by Gasteiger charge is -2.01. The molecular weight excluding hydrogens is 222 g/mol. The molecule has 0 aliphatic heterocycles. The van der Waals surface area contributed by atoms with E-state index < -0.39 is 0 Å². The lowest BCUT2D eigenvalue weighted by atomic mass is 10.1. The Morgan fingerprint density at radius 1 is 1.25 bits per heavy atom. The summed E-state index contributed by atoms with van der Waals surface area (Å²) in [6.07, 6.45) is 4.15. The first kappa shape index (κ1) is 11.2. The monoisotopic (exact) mass is 235 g/mol. The molecule has 2 aromatic rings. The van der Waals surface area contributed by atoms with Crippen molar-refractivity contribution in [2.75, 3.05) is 13.7 Å². The number of rotatable bonds is 4. The van der Waals surface area contributed by atoms with Crippen molar-refractivity contribution in [1.82, 2.24) is 4.57 Å². The maximum absolute atomic E-state index is 5.96. The fourth-order valence-electron chi connectivity index (χ4n) is 1.62. The van der Waals surface area contributed by atoms with Gasteiger partial charge in [-0.2, -0.15) is 0 Å². The zero-order valence-electron chi connectivity index (χ0n) is 9.19. The zero-order valence-corrected chi connectivity index (χ0v) is 9.95. The van der Waals surface area contributed by atoms with Gasteiger partial charge in [0, 0.05) is 31.1 Å². The second kappa shape index (κ2) is 5.19. The van der Waals surface area contributed by atoms with E-state index in [0.29, 0.717) is 0 Å². The second-order valence-corrected chi connectivity index (χ2v) is 4.08. The Morgan fingerprint density at radius 3 is 2.88 bits per heavy atom. The van der Waals surface area contributed by atoms with Crippen molar-refractivity contribution in [2.45, 2.75) is 6.54 Å². The molecular formula is C13H14ClNO. The van der Waals surface area contributed by atoms with Crippen LogP contribution in [-0.4, -0.2) is 18.3 Å². The predicted octanol–water partition coefficient (Wildman–Crippen LogP) is 3.45. The Kier molecular flexibility index (Phi) is 3.65. The molecule has 0 N–H and O–H groups in total. The summed E-state index contributed by atoms with van der Waals surface area (Å²) in [5.74, 6) is 0. The maximum Gasteiger partial charge on any atom is 0.0641 e. The highest BCUT2D eigenvalue weighted by molar-refractivity contribution is 6.30. The van der Waals surface area contributed by atoms with Crippen LogP contribution in [0, 0.1) is 0 Å². The van der Waals surface area contributed by atoms with E-state index in [-0.39, 0.29) is 0 Å². The van der Waals surface area contributed by atoms with Crippen LogP contribution >= 0.6 is 11.6 Å². The Hall–Kier alpha value is -1.25. The molecule has 84 valence electrons. The van der Waals surface area contributed by atoms with E-state index in [1.165, 1.54) is 5.56 Å². The molecule has 0 aliphatic carbocycles. The molecule has 1 aromatic heterocycles. The summed E-state index contributed by atoms with van der Waals surface area (Å²) in [6.45, 7) is 1.60. The Balaban J connectivity index is 2.18. The Labute approximate surface area is 100 Å². The molecule has 0 amide bonds. The van der Waals surface area contributed by atoms with Crippen LogP contribution in [0.5, 0.6) is 0 Å². The second-order valence-electron chi connectivity index (χ2n) is 3.64. The van der Waals surface area contributed by atoms with Crippen LogP contribution in [0.4, 0.5) is 0 Å². The molecule has 0 fully saturated rings. The summed E-state index contributed by atoms with van der Waals surface area (Å²) < 4.78 is 7.15. The first-order chi connectivity index (χ1) is 7.79. The van der Waals surface area contributed by atoms with Crippen LogP contribution in [0.15, 0.2) is 42.7 Å². The largest absolute Gasteiger partial charge is 0.383 e. The number of hydrogen-bond donors (Lipinski definition) is 0. The van der Waals surface area contributed by atoms with Gasteiger partial charge in [0.1, 0.15) is 0 Å². The molecule has 16 heavy (non-hydrogen) atoms. The van der Waals surface area contributed by atoms with Gasteiger partial charge >= 0.3 is 0 Å². The number of halogens is 1. The number of aromatic nitrogens is 1. The highest BCUT2D eigenvalue weighted by atomic mass is 35.5. The summed E-state index contributed by atoms with van der Waals surface area (Å²) in [5.41, 5.74) is 2.32. The fourth-order valence-corrected chi connectivity index (χ4v) is 1.81. The molecule has 0 aliphatic rings. The molecule has 1 aromatic carbocycles. The van der Waals surface area contributed by atoms with Crippen LogP contribution < -0.4 is 0 Å². The average Bonchev–Trinajstić information content (AvgIpc) is 2.75. The van der Waals surface area contributed by atoms with E-state index in [0.717, 1.165) is 23.7 Å². The first-order valence-corrected chi connectivity index (χ1v) is 5.58. The molecule has 0 radical (unpaired) electrons. The van der Waals surface area contributed by atoms with Crippen LogP contribution in [0.3, 0.4) is 0 Å². The Morgan fingerprint density at radius 2 is 2.12 bits per heavy atom. The molecule has 0 saturated carbocycles. The molecule has 1 heterocycles. The van der Waals surface area contributed by atoms with Gasteiger partial charge in [-0.05, 0) is 29.3 Å². The van der Waals surface area contributed by atoms with Crippen LogP contribution in [-0.2, 0) is 11.3 Å². The summed E-state index contributed by atoms with van der Waals surface area (Å²) >= 11 is 5.96. The van der Waals surface area contributed by atoms with Crippen molar-refractivity contribution in [3.05, 3.63) is 47.7 Å². The standard InChI is InChI=1S/C13H14ClNO/c1-16-8-7-15-6-5-12(10-15)11-3-2-4-13(14)9-11/h2-6,9-10H,7-8H2,1H3. The van der Waals surface area contributed by atoms with Crippen LogP contribution in [0.1, 0.15) is 0 Å². The van der Waals surface area contributed by atoms with Crippen molar-refractivity contribution in [3.63, 3.8) is 0 Å². The van der Waals surface area contributed by atoms with Crippen molar-refractivity contribution < 1.29 is 4.74 Å². The van der Waals surface area contributed by atoms with E-state index in [9.17, 15) is 0 Å². The van der Waals surface area contributed by atoms with Gasteiger partial charge in [0.2, 0.25) is 0 Å². The zero-order chi connectivity index (χ0) is 11.4. The fraction of sp³-hybridized carbons (Fsp3) is 0.231. The van der Waals surface area contributed by atoms with Crippen molar-refractivity contribution in [1.29, 1.82) is 0 Å². The van der Waals surface area contributed by atoms with Gasteiger partial charge in [0.15, 0.2) is 0 Å². The number of ether oxygens (including phenoxy) is 1. The third kappa shape index (κ3) is 2.65. The molecule has 2 rings (SSSR count). The normalized spacial score (nSPS) is 10.6. The molecule has 0 bridgehead atoms. The smallest absolute Gasteiger partial charge is 0.0641 e. The topological polar surface area (TPSA) is 14.2 Å². The minimum atomic E-state index is 0.726. The minimum absolute atomic E-state index is 0.726. The van der Waals surface area contributed by atoms with E-state index in [2.05, 4.69) is 29.1 Å². The molecule has 2 nitrogen and oxygen atoms in total. The number of nitrogens with zero attached hydrogens (tertiary/aromatic N) is 1. The van der Waals surface area contributed by atoms with Crippen molar-refractivity contribution in [3.8, 4) is 11.1 Å². The lowest BCUT2D eigenvalue weighted by Crippen LogP contribution is -2.00. The van der Waals surface area contributed by atoms with Gasteiger partial charge in [-0.3, -0.25) is 0 Å². The lowest BCUT2D eigenvalue weighted by molar-refractivity contribution is 0.187. The summed E-state index contributed by atoms with van der Waals surface area (Å²) in [4.78, 5) is 0. The summed E-state index contributed by atoms with van der Waals surface area (Å²) in [5, 5.41) is 0.766. The third-order valence-electron chi connectivity index (χ3n) is 2.46. The first-order valence-electron chi connectivity index (χ1n) is 5.20. The quantitative estimate of drug-likeness (QED) is 0.792. The van der Waals surface area contributed by atoms with Crippen LogP contribution in [0.25, 0.3) is 11.1 Å². The van der Waals surface area contributed by atoms with E-state index in [1.807, 2.05) is 18.2 Å². The maximum atomic E-state index is 5.96. The molecule has 0 spiro atoms. The SMILES string of the molecule is COCCn1ccc(-c2cccc(Cl)c2)c1. The van der Waals surface area contributed by atoms with Gasteiger partial charge in [-0.15, -0.1) is 0 Å². The number of hydrogen-bond acceptors (Lipinski definition) is 1. The molecule has 0 atom stereocenters. The Bertz CT molecular complexity index is 464. The van der Waals surface area contributed by atoms with Crippen LogP contribution in [0.2, 0.25) is 5.02 Å². The average molecular weight is 236 g/mol. The van der Waals surface area contributed by atoms with E-state index >= 15 is 0 Å². The molecule has 0 saturated heterocycles. The van der Waals surface area contributed by atoms with Crippen molar-refractivity contribution in [2.24, 2.45) is 0 Å².